The van der Waals surface area contributed by atoms with Crippen LogP contribution in [0.4, 0.5) is 9.18 Å². The van der Waals surface area contributed by atoms with Crippen molar-refractivity contribution >= 4 is 11.9 Å². The van der Waals surface area contributed by atoms with Crippen LogP contribution in [0.1, 0.15) is 61.1 Å². The first-order valence-corrected chi connectivity index (χ1v) is 10.8. The zero-order valence-corrected chi connectivity index (χ0v) is 18.9. The summed E-state index contributed by atoms with van der Waals surface area (Å²) in [5.74, 6) is -0.172. The van der Waals surface area contributed by atoms with Crippen LogP contribution in [0.3, 0.4) is 0 Å². The summed E-state index contributed by atoms with van der Waals surface area (Å²) in [6.45, 7) is 8.16. The first-order chi connectivity index (χ1) is 15.1. The van der Waals surface area contributed by atoms with Crippen LogP contribution in [-0.4, -0.2) is 36.8 Å². The lowest BCUT2D eigenvalue weighted by molar-refractivity contribution is 0.0255. The molecule has 1 heterocycles. The topological polar surface area (TPSA) is 73.9 Å². The Balaban J connectivity index is 1.80. The first-order valence-electron chi connectivity index (χ1n) is 10.8. The van der Waals surface area contributed by atoms with E-state index >= 15 is 0 Å². The van der Waals surface area contributed by atoms with Crippen molar-refractivity contribution in [3.8, 4) is 5.75 Å². The van der Waals surface area contributed by atoms with Crippen LogP contribution in [0.2, 0.25) is 0 Å². The predicted octanol–water partition coefficient (Wildman–Crippen LogP) is 5.14. The van der Waals surface area contributed by atoms with Crippen LogP contribution in [0.15, 0.2) is 42.5 Å². The normalized spacial score (nSPS) is 15.7. The third kappa shape index (κ3) is 6.53. The third-order valence-corrected chi connectivity index (χ3v) is 5.06. The highest BCUT2D eigenvalue weighted by atomic mass is 19.1. The molecule has 1 N–H and O–H groups in total. The van der Waals surface area contributed by atoms with E-state index in [0.29, 0.717) is 35.7 Å². The van der Waals surface area contributed by atoms with Gasteiger partial charge >= 0.3 is 6.09 Å². The Morgan fingerprint density at radius 1 is 1.09 bits per heavy atom. The van der Waals surface area contributed by atoms with Crippen LogP contribution in [0.5, 0.6) is 5.75 Å². The highest BCUT2D eigenvalue weighted by Crippen LogP contribution is 2.24. The van der Waals surface area contributed by atoms with E-state index in [2.05, 4.69) is 5.32 Å². The molecule has 1 atom stereocenters. The maximum atomic E-state index is 14.2. The SMILES string of the molecule is Cc1ccc(C(NC(=O)OC(C)(C)C)C(=O)c2ccc(OC3CCOCC3)cc2)cc1F. The number of carbonyl (C=O) groups excluding carboxylic acids is 2. The van der Waals surface area contributed by atoms with Crippen LogP contribution >= 0.6 is 0 Å². The van der Waals surface area contributed by atoms with E-state index in [-0.39, 0.29) is 11.9 Å². The van der Waals surface area contributed by atoms with E-state index in [4.69, 9.17) is 14.2 Å². The Kier molecular flexibility index (Phi) is 7.51. The summed E-state index contributed by atoms with van der Waals surface area (Å²) < 4.78 is 30.8. The molecule has 1 saturated heterocycles. The Bertz CT molecular complexity index is 946. The Labute approximate surface area is 188 Å². The number of rotatable bonds is 6. The van der Waals surface area contributed by atoms with Crippen molar-refractivity contribution in [3.63, 3.8) is 0 Å². The molecule has 0 radical (unpaired) electrons. The van der Waals surface area contributed by atoms with Gasteiger partial charge in [0.2, 0.25) is 0 Å². The summed E-state index contributed by atoms with van der Waals surface area (Å²) in [7, 11) is 0. The highest BCUT2D eigenvalue weighted by Gasteiger charge is 2.27. The monoisotopic (exact) mass is 443 g/mol. The molecule has 0 spiro atoms. The van der Waals surface area contributed by atoms with E-state index in [1.807, 2.05) is 0 Å². The highest BCUT2D eigenvalue weighted by molar-refractivity contribution is 6.02. The molecule has 1 amide bonds. The first kappa shape index (κ1) is 23.7. The number of benzene rings is 2. The molecule has 6 nitrogen and oxygen atoms in total. The fourth-order valence-electron chi connectivity index (χ4n) is 3.37. The molecule has 7 heteroatoms. The maximum Gasteiger partial charge on any atom is 0.408 e. The molecule has 1 aliphatic rings. The quantitative estimate of drug-likeness (QED) is 0.626. The average molecular weight is 444 g/mol. The number of ketones is 1. The van der Waals surface area contributed by atoms with E-state index in [1.165, 1.54) is 6.07 Å². The maximum absolute atomic E-state index is 14.2. The van der Waals surface area contributed by atoms with Gasteiger partial charge in [0.1, 0.15) is 29.3 Å². The second-order valence-electron chi connectivity index (χ2n) is 8.91. The molecule has 1 unspecified atom stereocenters. The van der Waals surface area contributed by atoms with Crippen molar-refractivity contribution in [2.75, 3.05) is 13.2 Å². The second-order valence-corrected chi connectivity index (χ2v) is 8.91. The number of nitrogens with one attached hydrogen (secondary N) is 1. The number of hydrogen-bond donors (Lipinski definition) is 1. The van der Waals surface area contributed by atoms with Gasteiger partial charge in [-0.2, -0.15) is 0 Å². The van der Waals surface area contributed by atoms with Gasteiger partial charge in [0, 0.05) is 18.4 Å². The summed E-state index contributed by atoms with van der Waals surface area (Å²) in [4.78, 5) is 25.7. The number of amides is 1. The molecular weight excluding hydrogens is 413 g/mol. The Morgan fingerprint density at radius 2 is 1.75 bits per heavy atom. The summed E-state index contributed by atoms with van der Waals surface area (Å²) in [6, 6.07) is 10.1. The van der Waals surface area contributed by atoms with Crippen molar-refractivity contribution in [3.05, 3.63) is 65.0 Å². The second kappa shape index (κ2) is 10.1. The minimum Gasteiger partial charge on any atom is -0.490 e. The van der Waals surface area contributed by atoms with Crippen LogP contribution in [0.25, 0.3) is 0 Å². The fraction of sp³-hybridized carbons (Fsp3) is 0.440. The van der Waals surface area contributed by atoms with Gasteiger partial charge in [0.05, 0.1) is 13.2 Å². The molecule has 0 aromatic heterocycles. The molecule has 1 aliphatic heterocycles. The zero-order chi connectivity index (χ0) is 23.3. The van der Waals surface area contributed by atoms with Crippen molar-refractivity contribution in [1.82, 2.24) is 5.32 Å². The van der Waals surface area contributed by atoms with Crippen molar-refractivity contribution in [1.29, 1.82) is 0 Å². The number of Topliss-reactive ketones (excluding diaryl/α,β-unsaturated/α-hetero) is 1. The van der Waals surface area contributed by atoms with Gasteiger partial charge in [-0.3, -0.25) is 4.79 Å². The number of halogens is 1. The summed E-state index contributed by atoms with van der Waals surface area (Å²) >= 11 is 0. The lowest BCUT2D eigenvalue weighted by atomic mass is 9.96. The molecule has 3 rings (SSSR count). The number of hydrogen-bond acceptors (Lipinski definition) is 5. The van der Waals surface area contributed by atoms with Gasteiger partial charge in [-0.25, -0.2) is 9.18 Å². The lowest BCUT2D eigenvalue weighted by Crippen LogP contribution is -2.38. The molecule has 32 heavy (non-hydrogen) atoms. The predicted molar refractivity (Wildman–Crippen MR) is 118 cm³/mol. The molecule has 0 saturated carbocycles. The fourth-order valence-corrected chi connectivity index (χ4v) is 3.37. The Morgan fingerprint density at radius 3 is 2.34 bits per heavy atom. The van der Waals surface area contributed by atoms with Crippen LogP contribution < -0.4 is 10.1 Å². The van der Waals surface area contributed by atoms with Crippen LogP contribution in [-0.2, 0) is 9.47 Å². The zero-order valence-electron chi connectivity index (χ0n) is 18.9. The number of aryl methyl sites for hydroxylation is 1. The summed E-state index contributed by atoms with van der Waals surface area (Å²) in [5, 5.41) is 2.59. The van der Waals surface area contributed by atoms with Gasteiger partial charge in [0.25, 0.3) is 0 Å². The number of carbonyl (C=O) groups is 2. The lowest BCUT2D eigenvalue weighted by Gasteiger charge is -2.24. The minimum absolute atomic E-state index is 0.0856. The number of alkyl carbamates (subject to hydrolysis) is 1. The van der Waals surface area contributed by atoms with Gasteiger partial charge < -0.3 is 19.5 Å². The molecular formula is C25H30FNO5. The largest absolute Gasteiger partial charge is 0.490 e. The molecule has 2 aromatic rings. The van der Waals surface area contributed by atoms with E-state index < -0.39 is 23.6 Å². The third-order valence-electron chi connectivity index (χ3n) is 5.06. The van der Waals surface area contributed by atoms with Gasteiger partial charge in [-0.05, 0) is 69.2 Å². The molecule has 0 aliphatic carbocycles. The molecule has 172 valence electrons. The Hall–Kier alpha value is -2.93. The van der Waals surface area contributed by atoms with Gasteiger partial charge in [-0.15, -0.1) is 0 Å². The minimum atomic E-state index is -1.10. The smallest absolute Gasteiger partial charge is 0.408 e. The van der Waals surface area contributed by atoms with E-state index in [1.54, 1.807) is 64.1 Å². The summed E-state index contributed by atoms with van der Waals surface area (Å²) in [6.07, 6.45) is 0.974. The summed E-state index contributed by atoms with van der Waals surface area (Å²) in [5.41, 5.74) is 0.420. The van der Waals surface area contributed by atoms with Gasteiger partial charge in [0.15, 0.2) is 5.78 Å². The standard InChI is InChI=1S/C25H30FNO5/c1-16-5-6-18(15-21(16)26)22(27-24(29)32-25(2,3)4)23(28)17-7-9-19(10-8-17)31-20-11-13-30-14-12-20/h5-10,15,20,22H,11-14H2,1-4H3,(H,27,29). The van der Waals surface area contributed by atoms with Crippen molar-refractivity contribution < 1.29 is 28.2 Å². The molecule has 2 aromatic carbocycles. The van der Waals surface area contributed by atoms with Crippen LogP contribution in [0, 0.1) is 12.7 Å². The average Bonchev–Trinajstić information content (AvgIpc) is 2.74. The van der Waals surface area contributed by atoms with Gasteiger partial charge in [-0.1, -0.05) is 12.1 Å². The number of ether oxygens (including phenoxy) is 3. The van der Waals surface area contributed by atoms with E-state index in [9.17, 15) is 14.0 Å². The van der Waals surface area contributed by atoms with Crippen molar-refractivity contribution in [2.45, 2.75) is 58.3 Å². The van der Waals surface area contributed by atoms with Crippen molar-refractivity contribution in [2.24, 2.45) is 0 Å². The molecule has 1 fully saturated rings. The van der Waals surface area contributed by atoms with E-state index in [0.717, 1.165) is 12.8 Å². The molecule has 0 bridgehead atoms.